The number of nitrogens with zero attached hydrogens (tertiary/aromatic N) is 4. The summed E-state index contributed by atoms with van der Waals surface area (Å²) in [5.74, 6) is -0.713. The number of aromatic nitrogens is 3. The van der Waals surface area contributed by atoms with Gasteiger partial charge in [0.25, 0.3) is 11.1 Å². The van der Waals surface area contributed by atoms with E-state index in [4.69, 9.17) is 14.6 Å². The molecule has 0 saturated carbocycles. The number of anilines is 1. The predicted molar refractivity (Wildman–Crippen MR) is 134 cm³/mol. The summed E-state index contributed by atoms with van der Waals surface area (Å²) in [6.45, 7) is 0.0639. The summed E-state index contributed by atoms with van der Waals surface area (Å²) in [5.41, 5.74) is 2.06. The highest BCUT2D eigenvalue weighted by Gasteiger charge is 2.24. The summed E-state index contributed by atoms with van der Waals surface area (Å²) >= 11 is 1.05. The molecule has 0 aliphatic carbocycles. The number of pyridine rings is 1. The fourth-order valence-electron chi connectivity index (χ4n) is 3.44. The zero-order valence-electron chi connectivity index (χ0n) is 19.5. The van der Waals surface area contributed by atoms with Gasteiger partial charge in [-0.3, -0.25) is 20.1 Å². The van der Waals surface area contributed by atoms with Crippen molar-refractivity contribution in [3.8, 4) is 10.9 Å². The Morgan fingerprint density at radius 1 is 1.22 bits per heavy atom. The van der Waals surface area contributed by atoms with E-state index in [0.29, 0.717) is 29.0 Å². The summed E-state index contributed by atoms with van der Waals surface area (Å²) in [4.78, 5) is 21.8. The van der Waals surface area contributed by atoms with E-state index in [2.05, 4.69) is 25.5 Å². The van der Waals surface area contributed by atoms with Gasteiger partial charge >= 0.3 is 0 Å². The molecule has 36 heavy (non-hydrogen) atoms. The zero-order chi connectivity index (χ0) is 25.3. The topological polar surface area (TPSA) is 119 Å². The molecule has 1 aromatic carbocycles. The van der Waals surface area contributed by atoms with Crippen molar-refractivity contribution in [3.05, 3.63) is 77.0 Å². The fraction of sp³-hybridized carbons (Fsp3) is 0.240. The van der Waals surface area contributed by atoms with Crippen LogP contribution in [0.4, 0.5) is 9.52 Å². The summed E-state index contributed by atoms with van der Waals surface area (Å²) < 4.78 is 25.9. The number of carbonyl (C=O) groups excluding carboxylic acids is 1. The minimum absolute atomic E-state index is 0.0863. The molecule has 1 aliphatic rings. The number of rotatable bonds is 8. The summed E-state index contributed by atoms with van der Waals surface area (Å²) in [7, 11) is 1.44. The van der Waals surface area contributed by atoms with Crippen LogP contribution in [-0.2, 0) is 18.0 Å². The first kappa shape index (κ1) is 25.1. The van der Waals surface area contributed by atoms with Crippen LogP contribution >= 0.6 is 11.3 Å². The van der Waals surface area contributed by atoms with E-state index >= 15 is 0 Å². The van der Waals surface area contributed by atoms with Crippen molar-refractivity contribution >= 4 is 34.2 Å². The number of allylic oxidation sites excluding steroid dienone is 1. The van der Waals surface area contributed by atoms with Crippen molar-refractivity contribution in [1.29, 1.82) is 0 Å². The van der Waals surface area contributed by atoms with Crippen LogP contribution in [0.2, 0.25) is 0 Å². The van der Waals surface area contributed by atoms with Gasteiger partial charge in [0, 0.05) is 29.8 Å². The van der Waals surface area contributed by atoms with E-state index in [-0.39, 0.29) is 34.7 Å². The molecule has 0 bridgehead atoms. The van der Waals surface area contributed by atoms with E-state index in [1.807, 2.05) is 0 Å². The number of aliphatic imine (C=N–C) groups is 1. The molecule has 2 aromatic heterocycles. The lowest BCUT2D eigenvalue weighted by molar-refractivity contribution is -0.112. The van der Waals surface area contributed by atoms with E-state index in [0.717, 1.165) is 24.2 Å². The van der Waals surface area contributed by atoms with Crippen LogP contribution in [0.1, 0.15) is 36.1 Å². The second-order valence-electron chi connectivity index (χ2n) is 7.67. The normalized spacial score (nSPS) is 16.5. The van der Waals surface area contributed by atoms with Gasteiger partial charge in [0.15, 0.2) is 0 Å². The van der Waals surface area contributed by atoms with Crippen molar-refractivity contribution in [2.45, 2.75) is 32.5 Å². The van der Waals surface area contributed by atoms with Gasteiger partial charge in [-0.05, 0) is 54.4 Å². The average Bonchev–Trinajstić information content (AvgIpc) is 3.38. The van der Waals surface area contributed by atoms with Gasteiger partial charge in [0.05, 0.1) is 25.0 Å². The predicted octanol–water partition coefficient (Wildman–Crippen LogP) is 4.31. The van der Waals surface area contributed by atoms with Crippen LogP contribution in [0.25, 0.3) is 5.57 Å². The van der Waals surface area contributed by atoms with Crippen LogP contribution in [0.5, 0.6) is 10.9 Å². The van der Waals surface area contributed by atoms with E-state index in [1.54, 1.807) is 42.8 Å². The third-order valence-electron chi connectivity index (χ3n) is 5.23. The van der Waals surface area contributed by atoms with Crippen LogP contribution in [0.3, 0.4) is 0 Å². The highest BCUT2D eigenvalue weighted by atomic mass is 32.1. The van der Waals surface area contributed by atoms with Crippen molar-refractivity contribution in [3.63, 3.8) is 0 Å². The number of hydrogen-bond acceptors (Lipinski definition) is 9. The average molecular weight is 510 g/mol. The molecule has 3 heterocycles. The van der Waals surface area contributed by atoms with Crippen LogP contribution < -0.4 is 14.8 Å². The third-order valence-corrected chi connectivity index (χ3v) is 5.98. The van der Waals surface area contributed by atoms with Gasteiger partial charge in [0.1, 0.15) is 18.2 Å². The first-order valence-corrected chi connectivity index (χ1v) is 12.0. The molecule has 0 atom stereocenters. The lowest BCUT2D eigenvalue weighted by Crippen LogP contribution is -2.16. The Balaban J connectivity index is 1.52. The SMILES string of the molecule is COc1cccc(F)c1C1=C/N=CCCC\C=C\1C(=O)Nc1nnc(OCc2ccc(CO)cn2)s1. The van der Waals surface area contributed by atoms with Gasteiger partial charge in [-0.1, -0.05) is 23.3 Å². The molecule has 186 valence electrons. The van der Waals surface area contributed by atoms with Crippen molar-refractivity contribution in [2.24, 2.45) is 4.99 Å². The monoisotopic (exact) mass is 509 g/mol. The summed E-state index contributed by atoms with van der Waals surface area (Å²) in [6, 6.07) is 7.98. The molecule has 0 spiro atoms. The first-order valence-electron chi connectivity index (χ1n) is 11.2. The summed E-state index contributed by atoms with van der Waals surface area (Å²) in [5, 5.41) is 20.2. The Hall–Kier alpha value is -3.96. The maximum atomic E-state index is 14.9. The molecular formula is C25H24FN5O4S. The molecule has 0 radical (unpaired) electrons. The second kappa shape index (κ2) is 12.1. The van der Waals surface area contributed by atoms with Crippen LogP contribution in [-0.4, -0.2) is 39.5 Å². The highest BCUT2D eigenvalue weighted by Crippen LogP contribution is 2.35. The van der Waals surface area contributed by atoms with Crippen molar-refractivity contribution in [2.75, 3.05) is 12.4 Å². The minimum atomic E-state index is -0.527. The fourth-order valence-corrected chi connectivity index (χ4v) is 4.03. The molecule has 4 rings (SSSR count). The number of ether oxygens (including phenoxy) is 2. The number of halogens is 1. The van der Waals surface area contributed by atoms with Crippen molar-refractivity contribution < 1.29 is 23.8 Å². The lowest BCUT2D eigenvalue weighted by Gasteiger charge is -2.15. The number of amides is 1. The Kier molecular flexibility index (Phi) is 8.48. The Labute approximate surface area is 211 Å². The lowest BCUT2D eigenvalue weighted by atomic mass is 9.95. The number of aliphatic hydroxyl groups is 1. The molecule has 0 fully saturated rings. The molecular weight excluding hydrogens is 485 g/mol. The quantitative estimate of drug-likeness (QED) is 0.464. The number of hydrogen-bond donors (Lipinski definition) is 2. The van der Waals surface area contributed by atoms with Gasteiger partial charge in [-0.2, -0.15) is 0 Å². The number of nitrogens with one attached hydrogen (secondary N) is 1. The Morgan fingerprint density at radius 2 is 2.11 bits per heavy atom. The maximum absolute atomic E-state index is 14.9. The smallest absolute Gasteiger partial charge is 0.296 e. The summed E-state index contributed by atoms with van der Waals surface area (Å²) in [6.07, 6.45) is 8.68. The first-order chi connectivity index (χ1) is 17.6. The third kappa shape index (κ3) is 6.18. The molecule has 1 amide bonds. The molecule has 11 heteroatoms. The van der Waals surface area contributed by atoms with E-state index in [1.165, 1.54) is 19.4 Å². The molecule has 0 unspecified atom stereocenters. The van der Waals surface area contributed by atoms with Gasteiger partial charge < -0.3 is 14.6 Å². The molecule has 0 saturated heterocycles. The molecule has 2 N–H and O–H groups in total. The number of carbonyl (C=O) groups is 1. The van der Waals surface area contributed by atoms with E-state index < -0.39 is 11.7 Å². The van der Waals surface area contributed by atoms with Gasteiger partial charge in [0.2, 0.25) is 5.13 Å². The van der Waals surface area contributed by atoms with Gasteiger partial charge in [-0.25, -0.2) is 4.39 Å². The molecule has 9 nitrogen and oxygen atoms in total. The van der Waals surface area contributed by atoms with E-state index in [9.17, 15) is 9.18 Å². The van der Waals surface area contributed by atoms with Crippen LogP contribution in [0, 0.1) is 5.82 Å². The molecule has 1 aliphatic heterocycles. The second-order valence-corrected chi connectivity index (χ2v) is 8.61. The number of methoxy groups -OCH3 is 1. The zero-order valence-corrected chi connectivity index (χ0v) is 20.3. The standard InChI is InChI=1S/C25H24FN5O4S/c1-34-21-8-5-7-20(26)22(21)19-13-27-11-4-2-3-6-18(19)23(33)29-24-30-31-25(36-24)35-15-17-10-9-16(14-32)12-28-17/h5-13,32H,2-4,14-15H2,1H3,(H,29,30,33)/b18-6-,19-13+,27-11?. The van der Waals surface area contributed by atoms with Crippen LogP contribution in [0.15, 0.2) is 59.4 Å². The number of benzene rings is 1. The van der Waals surface area contributed by atoms with Crippen molar-refractivity contribution in [1.82, 2.24) is 15.2 Å². The highest BCUT2D eigenvalue weighted by molar-refractivity contribution is 7.17. The Morgan fingerprint density at radius 3 is 2.89 bits per heavy atom. The Bertz CT molecular complexity index is 1300. The largest absolute Gasteiger partial charge is 0.496 e. The molecule has 3 aromatic rings. The minimum Gasteiger partial charge on any atom is -0.496 e. The number of aliphatic hydroxyl groups excluding tert-OH is 1. The van der Waals surface area contributed by atoms with Gasteiger partial charge in [-0.15, -0.1) is 5.10 Å². The maximum Gasteiger partial charge on any atom is 0.296 e.